The largest absolute Gasteiger partial charge is 0.0590 e. The second-order valence-electron chi connectivity index (χ2n) is 8.14. The van der Waals surface area contributed by atoms with Gasteiger partial charge in [-0.3, -0.25) is 0 Å². The molecule has 0 N–H and O–H groups in total. The van der Waals surface area contributed by atoms with Gasteiger partial charge in [-0.15, -0.1) is 0 Å². The Kier molecular flexibility index (Phi) is 1.44. The van der Waals surface area contributed by atoms with Gasteiger partial charge in [-0.25, -0.2) is 0 Å². The third-order valence-corrected chi connectivity index (χ3v) is 7.51. The quantitative estimate of drug-likeness (QED) is 0.677. The number of rotatable bonds is 1. The lowest BCUT2D eigenvalue weighted by Crippen LogP contribution is -2.65. The molecule has 18 heavy (non-hydrogen) atoms. The van der Waals surface area contributed by atoms with Crippen LogP contribution in [-0.4, -0.2) is 0 Å². The highest BCUT2D eigenvalue weighted by molar-refractivity contribution is 5.41. The zero-order valence-corrected chi connectivity index (χ0v) is 11.5. The molecule has 94 valence electrons. The number of benzene rings is 1. The molecule has 0 radical (unpaired) electrons. The minimum atomic E-state index is 0.568. The molecular formula is C18H22. The fraction of sp³-hybridized carbons (Fsp3) is 0.667. The van der Waals surface area contributed by atoms with Gasteiger partial charge in [-0.05, 0) is 72.7 Å². The van der Waals surface area contributed by atoms with Crippen molar-refractivity contribution < 1.29 is 0 Å². The Morgan fingerprint density at radius 3 is 2.33 bits per heavy atom. The average Bonchev–Trinajstić information content (AvgIpc) is 2.74. The maximum atomic E-state index is 2.60. The molecule has 5 atom stereocenters. The van der Waals surface area contributed by atoms with E-state index in [2.05, 4.69) is 38.1 Å². The summed E-state index contributed by atoms with van der Waals surface area (Å²) in [5.41, 5.74) is 5.14. The van der Waals surface area contributed by atoms with Gasteiger partial charge in [-0.1, -0.05) is 36.8 Å². The minimum absolute atomic E-state index is 0.568. The summed E-state index contributed by atoms with van der Waals surface area (Å²) in [6.07, 6.45) is 7.60. The van der Waals surface area contributed by atoms with Crippen LogP contribution in [0.3, 0.4) is 0 Å². The fourth-order valence-electron chi connectivity index (χ4n) is 7.01. The minimum Gasteiger partial charge on any atom is -0.0590 e. The number of aryl methyl sites for hydroxylation is 1. The average molecular weight is 238 g/mol. The van der Waals surface area contributed by atoms with Crippen LogP contribution < -0.4 is 0 Å². The second-order valence-corrected chi connectivity index (χ2v) is 8.14. The molecule has 0 nitrogen and oxygen atoms in total. The fourth-order valence-corrected chi connectivity index (χ4v) is 7.01. The van der Waals surface area contributed by atoms with Crippen molar-refractivity contribution in [3.8, 4) is 0 Å². The molecule has 0 aromatic heterocycles. The summed E-state index contributed by atoms with van der Waals surface area (Å²) in [5.74, 6) is 2.19. The molecule has 4 aliphatic carbocycles. The van der Waals surface area contributed by atoms with Crippen molar-refractivity contribution in [2.75, 3.05) is 0 Å². The van der Waals surface area contributed by atoms with Gasteiger partial charge in [0, 0.05) is 0 Å². The lowest BCUT2D eigenvalue weighted by atomic mass is 9.32. The molecule has 4 saturated carbocycles. The van der Waals surface area contributed by atoms with Crippen molar-refractivity contribution >= 4 is 0 Å². The molecule has 1 aromatic rings. The molecule has 0 heterocycles. The van der Waals surface area contributed by atoms with Crippen molar-refractivity contribution in [2.45, 2.75) is 51.4 Å². The van der Waals surface area contributed by atoms with E-state index in [0.717, 1.165) is 17.3 Å². The molecule has 4 aliphatic rings. The Morgan fingerprint density at radius 2 is 1.72 bits per heavy atom. The van der Waals surface area contributed by atoms with Gasteiger partial charge in [0.25, 0.3) is 0 Å². The van der Waals surface area contributed by atoms with Crippen molar-refractivity contribution in [1.82, 2.24) is 0 Å². The molecule has 4 fully saturated rings. The molecular weight excluding hydrogens is 216 g/mol. The topological polar surface area (TPSA) is 0 Å². The van der Waals surface area contributed by atoms with E-state index in [1.54, 1.807) is 12.0 Å². The second kappa shape index (κ2) is 2.57. The van der Waals surface area contributed by atoms with E-state index in [-0.39, 0.29) is 0 Å². The standard InChI is InChI=1S/C18H22/c1-12-3-5-13(6-4-12)17-9-15-7-14-8-16(2,10-17)18(14,15)11-17/h3-6,14-15H,7-11H2,1-2H3. The van der Waals surface area contributed by atoms with E-state index in [9.17, 15) is 0 Å². The first kappa shape index (κ1) is 10.1. The van der Waals surface area contributed by atoms with Gasteiger partial charge in [0.1, 0.15) is 0 Å². The molecule has 0 aliphatic heterocycles. The smallest absolute Gasteiger partial charge is 0.00331 e. The zero-order valence-electron chi connectivity index (χ0n) is 11.5. The zero-order chi connectivity index (χ0) is 12.2. The van der Waals surface area contributed by atoms with Crippen LogP contribution in [0.4, 0.5) is 0 Å². The van der Waals surface area contributed by atoms with E-state index in [4.69, 9.17) is 0 Å². The Bertz CT molecular complexity index is 542. The van der Waals surface area contributed by atoms with Gasteiger partial charge < -0.3 is 0 Å². The molecule has 5 rings (SSSR count). The SMILES string of the molecule is Cc1ccc(C23CC4CC5CC(C)(C2)C45C3)cc1. The van der Waals surface area contributed by atoms with Crippen molar-refractivity contribution in [3.63, 3.8) is 0 Å². The van der Waals surface area contributed by atoms with Crippen LogP contribution in [0, 0.1) is 29.6 Å². The number of fused-ring (bicyclic) bond motifs is 1. The predicted molar refractivity (Wildman–Crippen MR) is 73.5 cm³/mol. The Balaban J connectivity index is 1.64. The summed E-state index contributed by atoms with van der Waals surface area (Å²) < 4.78 is 0. The monoisotopic (exact) mass is 238 g/mol. The summed E-state index contributed by atoms with van der Waals surface area (Å²) in [6.45, 7) is 4.80. The van der Waals surface area contributed by atoms with Crippen molar-refractivity contribution in [3.05, 3.63) is 35.4 Å². The maximum Gasteiger partial charge on any atom is -0.00331 e. The van der Waals surface area contributed by atoms with Gasteiger partial charge in [-0.2, -0.15) is 0 Å². The Labute approximate surface area is 110 Å². The summed E-state index contributed by atoms with van der Waals surface area (Å²) in [5, 5.41) is 0. The number of hydrogen-bond acceptors (Lipinski definition) is 0. The van der Waals surface area contributed by atoms with E-state index < -0.39 is 0 Å². The van der Waals surface area contributed by atoms with E-state index in [1.165, 1.54) is 31.2 Å². The van der Waals surface area contributed by atoms with Crippen LogP contribution in [0.15, 0.2) is 24.3 Å². The molecule has 1 spiro atoms. The van der Waals surface area contributed by atoms with Gasteiger partial charge >= 0.3 is 0 Å². The first-order valence-electron chi connectivity index (χ1n) is 7.65. The maximum absolute atomic E-state index is 2.60. The van der Waals surface area contributed by atoms with Crippen LogP contribution in [0.5, 0.6) is 0 Å². The third kappa shape index (κ3) is 0.795. The summed E-state index contributed by atoms with van der Waals surface area (Å²) in [4.78, 5) is 0. The highest BCUT2D eigenvalue weighted by Gasteiger charge is 2.82. The lowest BCUT2D eigenvalue weighted by Gasteiger charge is -2.72. The van der Waals surface area contributed by atoms with Crippen LogP contribution in [0.25, 0.3) is 0 Å². The molecule has 0 saturated heterocycles. The van der Waals surface area contributed by atoms with Crippen molar-refractivity contribution in [1.29, 1.82) is 0 Å². The van der Waals surface area contributed by atoms with Crippen LogP contribution in [-0.2, 0) is 5.41 Å². The predicted octanol–water partition coefficient (Wildman–Crippen LogP) is 4.46. The summed E-state index contributed by atoms with van der Waals surface area (Å²) in [7, 11) is 0. The highest BCUT2D eigenvalue weighted by Crippen LogP contribution is 2.89. The first-order chi connectivity index (χ1) is 8.58. The molecule has 5 unspecified atom stereocenters. The van der Waals surface area contributed by atoms with E-state index in [1.807, 2.05) is 0 Å². The van der Waals surface area contributed by atoms with Gasteiger partial charge in [0.15, 0.2) is 0 Å². The van der Waals surface area contributed by atoms with Crippen LogP contribution >= 0.6 is 0 Å². The molecule has 1 aromatic carbocycles. The lowest BCUT2D eigenvalue weighted by molar-refractivity contribution is -0.235. The molecule has 2 bridgehead atoms. The normalized spacial score (nSPS) is 54.8. The van der Waals surface area contributed by atoms with E-state index in [0.29, 0.717) is 10.8 Å². The number of hydrogen-bond donors (Lipinski definition) is 0. The molecule has 0 amide bonds. The van der Waals surface area contributed by atoms with Crippen LogP contribution in [0.2, 0.25) is 0 Å². The summed E-state index contributed by atoms with van der Waals surface area (Å²) >= 11 is 0. The Morgan fingerprint density at radius 1 is 1.00 bits per heavy atom. The third-order valence-electron chi connectivity index (χ3n) is 7.51. The highest BCUT2D eigenvalue weighted by atomic mass is 14.9. The van der Waals surface area contributed by atoms with Gasteiger partial charge in [0.05, 0.1) is 0 Å². The van der Waals surface area contributed by atoms with Crippen LogP contribution in [0.1, 0.15) is 50.2 Å². The van der Waals surface area contributed by atoms with Crippen molar-refractivity contribution in [2.24, 2.45) is 22.7 Å². The summed E-state index contributed by atoms with van der Waals surface area (Å²) in [6, 6.07) is 9.50. The first-order valence-corrected chi connectivity index (χ1v) is 7.65. The molecule has 0 heteroatoms. The van der Waals surface area contributed by atoms with Gasteiger partial charge in [0.2, 0.25) is 0 Å². The van der Waals surface area contributed by atoms with E-state index >= 15 is 0 Å². The Hall–Kier alpha value is -0.780.